The molecule has 0 bridgehead atoms. The van der Waals surface area contributed by atoms with Crippen LogP contribution in [0.3, 0.4) is 0 Å². The van der Waals surface area contributed by atoms with Crippen LogP contribution in [0.1, 0.15) is 0 Å². The van der Waals surface area contributed by atoms with Crippen LogP contribution in [0.25, 0.3) is 22.6 Å². The molecule has 3 rings (SSSR count). The first-order chi connectivity index (χ1) is 9.78. The molecule has 0 saturated carbocycles. The van der Waals surface area contributed by atoms with Crippen LogP contribution < -0.4 is 0 Å². The number of thioether (sulfide) groups is 1. The Bertz CT molecular complexity index is 757. The number of aromatic amines is 1. The van der Waals surface area contributed by atoms with E-state index in [-0.39, 0.29) is 0 Å². The van der Waals surface area contributed by atoms with Crippen LogP contribution >= 0.6 is 24.0 Å². The Hall–Kier alpha value is -1.78. The summed E-state index contributed by atoms with van der Waals surface area (Å²) in [7, 11) is 0. The van der Waals surface area contributed by atoms with Crippen molar-refractivity contribution in [3.63, 3.8) is 0 Å². The van der Waals surface area contributed by atoms with Gasteiger partial charge in [0.05, 0.1) is 5.69 Å². The number of aromatic nitrogens is 1. The Kier molecular flexibility index (Phi) is 3.76. The molecule has 0 spiro atoms. The third-order valence-corrected chi connectivity index (χ3v) is 3.99. The van der Waals surface area contributed by atoms with Gasteiger partial charge in [-0.05, 0) is 30.6 Å². The van der Waals surface area contributed by atoms with E-state index in [0.29, 0.717) is 4.84 Å². The van der Waals surface area contributed by atoms with Crippen molar-refractivity contribution < 1.29 is 4.42 Å². The van der Waals surface area contributed by atoms with Crippen molar-refractivity contribution >= 4 is 24.0 Å². The van der Waals surface area contributed by atoms with Gasteiger partial charge >= 0.3 is 0 Å². The van der Waals surface area contributed by atoms with Crippen molar-refractivity contribution in [1.82, 2.24) is 4.98 Å². The number of H-pyrrole nitrogens is 1. The fraction of sp³-hybridized carbons (Fsp3) is 0.0625. The minimum Gasteiger partial charge on any atom is -0.429 e. The van der Waals surface area contributed by atoms with Crippen molar-refractivity contribution in [1.29, 1.82) is 0 Å². The van der Waals surface area contributed by atoms with Gasteiger partial charge in [0, 0.05) is 16.0 Å². The molecular weight excluding hydrogens is 286 g/mol. The second kappa shape index (κ2) is 5.69. The van der Waals surface area contributed by atoms with Gasteiger partial charge in [-0.3, -0.25) is 0 Å². The average molecular weight is 299 g/mol. The monoisotopic (exact) mass is 299 g/mol. The molecular formula is C16H13NOS2. The summed E-state index contributed by atoms with van der Waals surface area (Å²) in [5, 5.41) is 0. The summed E-state index contributed by atoms with van der Waals surface area (Å²) in [5.74, 6) is 0.785. The summed E-state index contributed by atoms with van der Waals surface area (Å²) in [4.78, 5) is 4.77. The van der Waals surface area contributed by atoms with Gasteiger partial charge in [0.15, 0.2) is 5.76 Å². The fourth-order valence-corrected chi connectivity index (χ4v) is 2.68. The predicted molar refractivity (Wildman–Crippen MR) is 86.5 cm³/mol. The molecule has 0 atom stereocenters. The molecule has 0 aliphatic heterocycles. The van der Waals surface area contributed by atoms with Gasteiger partial charge < -0.3 is 9.40 Å². The van der Waals surface area contributed by atoms with Crippen LogP contribution in [-0.2, 0) is 0 Å². The zero-order chi connectivity index (χ0) is 13.9. The maximum atomic E-state index is 5.67. The van der Waals surface area contributed by atoms with Crippen LogP contribution in [0.4, 0.5) is 0 Å². The second-order valence-corrected chi connectivity index (χ2v) is 5.56. The van der Waals surface area contributed by atoms with Crippen LogP contribution in [0, 0.1) is 4.84 Å². The highest BCUT2D eigenvalue weighted by atomic mass is 32.2. The van der Waals surface area contributed by atoms with E-state index in [0.717, 1.165) is 22.6 Å². The van der Waals surface area contributed by atoms with Crippen LogP contribution in [-0.4, -0.2) is 11.2 Å². The minimum atomic E-state index is 0.396. The van der Waals surface area contributed by atoms with Gasteiger partial charge in [-0.25, -0.2) is 0 Å². The number of hydrogen-bond donors (Lipinski definition) is 1. The lowest BCUT2D eigenvalue weighted by Gasteiger charge is -2.03. The molecule has 3 aromatic rings. The van der Waals surface area contributed by atoms with E-state index in [9.17, 15) is 0 Å². The van der Waals surface area contributed by atoms with Crippen molar-refractivity contribution in [2.75, 3.05) is 6.26 Å². The third kappa shape index (κ3) is 2.57. The lowest BCUT2D eigenvalue weighted by molar-refractivity contribution is 0.554. The Morgan fingerprint density at radius 3 is 2.30 bits per heavy atom. The van der Waals surface area contributed by atoms with E-state index in [4.69, 9.17) is 16.6 Å². The number of benzene rings is 2. The zero-order valence-corrected chi connectivity index (χ0v) is 12.6. The molecule has 0 radical (unpaired) electrons. The van der Waals surface area contributed by atoms with Gasteiger partial charge in [-0.1, -0.05) is 42.5 Å². The number of rotatable bonds is 3. The lowest BCUT2D eigenvalue weighted by Crippen LogP contribution is -1.82. The lowest BCUT2D eigenvalue weighted by atomic mass is 10.1. The molecule has 100 valence electrons. The van der Waals surface area contributed by atoms with Crippen LogP contribution in [0.15, 0.2) is 63.9 Å². The van der Waals surface area contributed by atoms with Crippen molar-refractivity contribution in [2.45, 2.75) is 4.90 Å². The first-order valence-corrected chi connectivity index (χ1v) is 7.84. The summed E-state index contributed by atoms with van der Waals surface area (Å²) in [6.45, 7) is 0. The fourth-order valence-electron chi connectivity index (χ4n) is 2.08. The first-order valence-electron chi connectivity index (χ1n) is 6.21. The molecule has 20 heavy (non-hydrogen) atoms. The highest BCUT2D eigenvalue weighted by Gasteiger charge is 2.12. The van der Waals surface area contributed by atoms with E-state index in [2.05, 4.69) is 35.5 Å². The van der Waals surface area contributed by atoms with Crippen molar-refractivity contribution in [2.24, 2.45) is 0 Å². The molecule has 1 N–H and O–H groups in total. The van der Waals surface area contributed by atoms with Gasteiger partial charge in [-0.2, -0.15) is 0 Å². The SMILES string of the molecule is CSc1ccc(-c2[nH]c(=S)oc2-c2ccccc2)cc1. The van der Waals surface area contributed by atoms with E-state index in [1.807, 2.05) is 30.3 Å². The van der Waals surface area contributed by atoms with E-state index >= 15 is 0 Å². The maximum Gasteiger partial charge on any atom is 0.266 e. The Morgan fingerprint density at radius 2 is 1.65 bits per heavy atom. The molecule has 1 heterocycles. The van der Waals surface area contributed by atoms with Gasteiger partial charge in [-0.15, -0.1) is 11.8 Å². The van der Waals surface area contributed by atoms with Crippen molar-refractivity contribution in [3.8, 4) is 22.6 Å². The molecule has 4 heteroatoms. The third-order valence-electron chi connectivity index (χ3n) is 3.06. The molecule has 1 aromatic heterocycles. The second-order valence-electron chi connectivity index (χ2n) is 4.31. The average Bonchev–Trinajstić information content (AvgIpc) is 2.90. The topological polar surface area (TPSA) is 28.9 Å². The largest absolute Gasteiger partial charge is 0.429 e. The molecule has 2 aromatic carbocycles. The van der Waals surface area contributed by atoms with Gasteiger partial charge in [0.2, 0.25) is 0 Å². The number of oxazole rings is 1. The summed E-state index contributed by atoms with van der Waals surface area (Å²) < 4.78 is 5.67. The van der Waals surface area contributed by atoms with E-state index < -0.39 is 0 Å². The molecule has 2 nitrogen and oxygen atoms in total. The number of nitrogens with one attached hydrogen (secondary N) is 1. The number of hydrogen-bond acceptors (Lipinski definition) is 3. The minimum absolute atomic E-state index is 0.396. The Morgan fingerprint density at radius 1 is 0.950 bits per heavy atom. The van der Waals surface area contributed by atoms with Crippen molar-refractivity contribution in [3.05, 3.63) is 59.4 Å². The molecule has 0 unspecified atom stereocenters. The Balaban J connectivity index is 2.12. The zero-order valence-electron chi connectivity index (χ0n) is 10.9. The first kappa shape index (κ1) is 13.2. The summed E-state index contributed by atoms with van der Waals surface area (Å²) in [6.07, 6.45) is 2.07. The smallest absolute Gasteiger partial charge is 0.266 e. The summed E-state index contributed by atoms with van der Waals surface area (Å²) >= 11 is 6.87. The normalized spacial score (nSPS) is 10.7. The highest BCUT2D eigenvalue weighted by molar-refractivity contribution is 7.98. The predicted octanol–water partition coefficient (Wildman–Crippen LogP) is 5.39. The quantitative estimate of drug-likeness (QED) is 0.519. The standard InChI is InChI=1S/C16H13NOS2/c1-20-13-9-7-11(8-10-13)14-15(18-16(19)17-14)12-5-3-2-4-6-12/h2-10H,1H3,(H,17,19). The molecule has 0 saturated heterocycles. The summed E-state index contributed by atoms with van der Waals surface area (Å²) in [6, 6.07) is 18.3. The molecule has 0 aliphatic carbocycles. The Labute approximate surface area is 126 Å². The van der Waals surface area contributed by atoms with E-state index in [1.54, 1.807) is 11.8 Å². The van der Waals surface area contributed by atoms with E-state index in [1.165, 1.54) is 4.90 Å². The van der Waals surface area contributed by atoms with Gasteiger partial charge in [0.25, 0.3) is 4.84 Å². The molecule has 0 amide bonds. The summed E-state index contributed by atoms with van der Waals surface area (Å²) in [5.41, 5.74) is 3.01. The maximum absolute atomic E-state index is 5.67. The van der Waals surface area contributed by atoms with Gasteiger partial charge in [0.1, 0.15) is 0 Å². The van der Waals surface area contributed by atoms with Crippen LogP contribution in [0.2, 0.25) is 0 Å². The molecule has 0 fully saturated rings. The van der Waals surface area contributed by atoms with Crippen LogP contribution in [0.5, 0.6) is 0 Å². The molecule has 0 aliphatic rings. The highest BCUT2D eigenvalue weighted by Crippen LogP contribution is 2.32.